The van der Waals surface area contributed by atoms with Gasteiger partial charge in [0, 0.05) is 45.3 Å². The van der Waals surface area contributed by atoms with E-state index in [2.05, 4.69) is 35.5 Å². The molecule has 16 heteroatoms. The van der Waals surface area contributed by atoms with E-state index in [1.165, 1.54) is 18.3 Å². The molecule has 1 saturated carbocycles. The number of rotatable bonds is 12. The van der Waals surface area contributed by atoms with Crippen LogP contribution in [0.5, 0.6) is 0 Å². The van der Waals surface area contributed by atoms with Gasteiger partial charge in [-0.1, -0.05) is 36.4 Å². The molecule has 2 atom stereocenters. The number of aryl methyl sites for hydroxylation is 1. The lowest BCUT2D eigenvalue weighted by Crippen LogP contribution is -2.65. The topological polar surface area (TPSA) is 154 Å². The smallest absolute Gasteiger partial charge is 0.270 e. The fourth-order valence-corrected chi connectivity index (χ4v) is 8.11. The van der Waals surface area contributed by atoms with E-state index in [0.29, 0.717) is 44.0 Å². The van der Waals surface area contributed by atoms with Crippen LogP contribution in [0.3, 0.4) is 0 Å². The number of aromatic nitrogens is 4. The van der Waals surface area contributed by atoms with Crippen molar-refractivity contribution < 1.29 is 23.6 Å². The molecular weight excluding hydrogens is 654 g/mol. The summed E-state index contributed by atoms with van der Waals surface area (Å²) in [6.45, 7) is 6.71. The average molecular weight is 696 g/mol. The molecule has 0 bridgehead atoms. The van der Waals surface area contributed by atoms with Gasteiger partial charge in [-0.15, -0.1) is 5.10 Å². The molecule has 3 N–H and O–H groups in total. The third-order valence-corrected chi connectivity index (χ3v) is 11.5. The molecule has 2 aromatic heterocycles. The number of halogens is 1. The number of piperazine rings is 1. The molecule has 1 aliphatic heterocycles. The molecule has 5 rings (SSSR count). The van der Waals surface area contributed by atoms with E-state index in [1.54, 1.807) is 27.9 Å². The van der Waals surface area contributed by atoms with Gasteiger partial charge in [-0.05, 0) is 68.0 Å². The van der Waals surface area contributed by atoms with Crippen molar-refractivity contribution in [1.82, 2.24) is 39.8 Å². The predicted octanol–water partition coefficient (Wildman–Crippen LogP) is 2.41. The van der Waals surface area contributed by atoms with Gasteiger partial charge in [0.05, 0.1) is 21.4 Å². The van der Waals surface area contributed by atoms with Gasteiger partial charge < -0.3 is 25.8 Å². The first-order valence-electron chi connectivity index (χ1n) is 16.3. The molecule has 3 heterocycles. The molecule has 2 aliphatic rings. The third-order valence-electron chi connectivity index (χ3n) is 9.25. The Bertz CT molecular complexity index is 1590. The molecule has 4 amide bonds. The highest BCUT2D eigenvalue weighted by Crippen LogP contribution is 2.34. The molecular formula is C32H42FN9O4SSi. The number of likely N-dealkylation sites (N-methyl/N-ethyl adjacent to an activating group) is 1. The molecule has 1 saturated heterocycles. The molecule has 2 radical (unpaired) electrons. The maximum Gasteiger partial charge on any atom is 0.270 e. The largest absolute Gasteiger partial charge is 0.339 e. The minimum Gasteiger partial charge on any atom is -0.339 e. The molecule has 48 heavy (non-hydrogen) atoms. The van der Waals surface area contributed by atoms with Crippen LogP contribution in [0.2, 0.25) is 6.55 Å². The third kappa shape index (κ3) is 7.98. The van der Waals surface area contributed by atoms with Crippen molar-refractivity contribution in [2.24, 2.45) is 5.92 Å². The van der Waals surface area contributed by atoms with Crippen molar-refractivity contribution >= 4 is 50.4 Å². The van der Waals surface area contributed by atoms with Crippen molar-refractivity contribution in [2.45, 2.75) is 69.7 Å². The summed E-state index contributed by atoms with van der Waals surface area (Å²) >= 11 is 0.920. The highest BCUT2D eigenvalue weighted by Gasteiger charge is 2.46. The van der Waals surface area contributed by atoms with E-state index in [4.69, 9.17) is 0 Å². The molecule has 2 fully saturated rings. The quantitative estimate of drug-likeness (QED) is 0.244. The summed E-state index contributed by atoms with van der Waals surface area (Å²) < 4.78 is 21.1. The van der Waals surface area contributed by atoms with Crippen LogP contribution >= 0.6 is 11.5 Å². The maximum absolute atomic E-state index is 15.7. The van der Waals surface area contributed by atoms with Crippen LogP contribution < -0.4 is 16.0 Å². The Morgan fingerprint density at radius 1 is 1.08 bits per heavy atom. The average Bonchev–Trinajstić information content (AvgIpc) is 3.82. The molecule has 1 aliphatic carbocycles. The van der Waals surface area contributed by atoms with Gasteiger partial charge in [-0.2, -0.15) is 5.10 Å². The van der Waals surface area contributed by atoms with Crippen molar-refractivity contribution in [3.8, 4) is 0 Å². The highest BCUT2D eigenvalue weighted by molar-refractivity contribution is 7.07. The second-order valence-corrected chi connectivity index (χ2v) is 14.4. The van der Waals surface area contributed by atoms with Crippen LogP contribution in [-0.2, 0) is 22.6 Å². The van der Waals surface area contributed by atoms with Crippen LogP contribution in [0.1, 0.15) is 64.8 Å². The summed E-state index contributed by atoms with van der Waals surface area (Å²) in [5.74, 6) is -2.40. The second kappa shape index (κ2) is 15.9. The highest BCUT2D eigenvalue weighted by atomic mass is 32.1. The van der Waals surface area contributed by atoms with Gasteiger partial charge in [-0.25, -0.2) is 4.39 Å². The first kappa shape index (κ1) is 35.3. The molecule has 13 nitrogen and oxygen atoms in total. The van der Waals surface area contributed by atoms with Crippen molar-refractivity contribution in [1.29, 1.82) is 0 Å². The summed E-state index contributed by atoms with van der Waals surface area (Å²) in [6.07, 6.45) is 7.42. The van der Waals surface area contributed by atoms with Gasteiger partial charge in [-0.3, -0.25) is 23.9 Å². The second-order valence-electron chi connectivity index (χ2n) is 12.3. The van der Waals surface area contributed by atoms with E-state index in [9.17, 15) is 19.2 Å². The Morgan fingerprint density at radius 2 is 1.83 bits per heavy atom. The summed E-state index contributed by atoms with van der Waals surface area (Å²) in [5.41, 5.74) is 0.799. The first-order valence-corrected chi connectivity index (χ1v) is 18.6. The molecule has 3 aromatic rings. The maximum atomic E-state index is 15.7. The summed E-state index contributed by atoms with van der Waals surface area (Å²) in [5, 5.41) is 15.3. The van der Waals surface area contributed by atoms with E-state index in [0.717, 1.165) is 43.6 Å². The van der Waals surface area contributed by atoms with Crippen LogP contribution in [0.15, 0.2) is 36.7 Å². The van der Waals surface area contributed by atoms with Gasteiger partial charge in [0.2, 0.25) is 11.8 Å². The molecule has 0 unspecified atom stereocenters. The number of benzene rings is 1. The molecule has 1 aromatic carbocycles. The van der Waals surface area contributed by atoms with Gasteiger partial charge in [0.1, 0.15) is 27.6 Å². The predicted molar refractivity (Wildman–Crippen MR) is 180 cm³/mol. The van der Waals surface area contributed by atoms with Crippen molar-refractivity contribution in [2.75, 3.05) is 38.5 Å². The number of nitrogens with zero attached hydrogens (tertiary/aromatic N) is 6. The van der Waals surface area contributed by atoms with Crippen molar-refractivity contribution in [3.63, 3.8) is 0 Å². The number of nitrogens with one attached hydrogen (secondary N) is 3. The summed E-state index contributed by atoms with van der Waals surface area (Å²) in [6, 6.07) is 5.05. The van der Waals surface area contributed by atoms with E-state index >= 15 is 4.39 Å². The minimum atomic E-state index is -1.23. The van der Waals surface area contributed by atoms with Crippen LogP contribution in [-0.4, -0.2) is 107 Å². The zero-order valence-electron chi connectivity index (χ0n) is 27.5. The Hall–Kier alpha value is -4.02. The van der Waals surface area contributed by atoms with Crippen molar-refractivity contribution in [3.05, 3.63) is 58.6 Å². The Labute approximate surface area is 286 Å². The number of hydrogen-bond donors (Lipinski definition) is 3. The Kier molecular flexibility index (Phi) is 11.7. The standard InChI is InChI=1S/C32H42FN9O4SSi/c1-4-42-26(12-13-35-42)28(43)38-32(48-3,22-8-6-5-7-9-22)31(46)37-24-11-10-21(18-23(24)33)19-25(36-29(44)27-20-34-39-47-27)30(45)41-16-14-40(2)15-17-41/h10-13,18,20,22,25H,4-9,14-17,19H2,1-3H3,(H,36,44)(H,37,46)(H,38,43)/t25-,32+/m1/s1. The minimum absolute atomic E-state index is 0.0131. The van der Waals surface area contributed by atoms with E-state index in [-0.39, 0.29) is 38.3 Å². The van der Waals surface area contributed by atoms with Gasteiger partial charge in [0.15, 0.2) is 0 Å². The normalized spacial score (nSPS) is 17.7. The Balaban J connectivity index is 1.35. The fourth-order valence-electron chi connectivity index (χ4n) is 6.47. The summed E-state index contributed by atoms with van der Waals surface area (Å²) in [4.78, 5) is 58.3. The number of amides is 4. The van der Waals surface area contributed by atoms with Gasteiger partial charge >= 0.3 is 0 Å². The lowest BCUT2D eigenvalue weighted by atomic mass is 9.82. The zero-order valence-corrected chi connectivity index (χ0v) is 29.3. The van der Waals surface area contributed by atoms with E-state index in [1.807, 2.05) is 20.5 Å². The first-order chi connectivity index (χ1) is 23.1. The van der Waals surface area contributed by atoms with Crippen LogP contribution in [0.25, 0.3) is 0 Å². The number of carbonyl (C=O) groups excluding carboxylic acids is 4. The number of carbonyl (C=O) groups is 4. The Morgan fingerprint density at radius 3 is 2.48 bits per heavy atom. The molecule has 0 spiro atoms. The fraction of sp³-hybridized carbons (Fsp3) is 0.531. The summed E-state index contributed by atoms with van der Waals surface area (Å²) in [7, 11) is 2.00. The van der Waals surface area contributed by atoms with Crippen LogP contribution in [0.4, 0.5) is 10.1 Å². The monoisotopic (exact) mass is 695 g/mol. The van der Waals surface area contributed by atoms with E-state index < -0.39 is 34.7 Å². The zero-order chi connectivity index (χ0) is 34.3. The lowest BCUT2D eigenvalue weighted by Gasteiger charge is -2.41. The SMILES string of the molecule is CCn1nccc1C(=O)N[C@@]([Si]C)(C(=O)Nc1ccc(C[C@@H](NC(=O)c2cnns2)C(=O)N2CCN(C)CC2)cc1F)C1CCCCC1. The van der Waals surface area contributed by atoms with Crippen LogP contribution in [0, 0.1) is 11.7 Å². The number of anilines is 1. The lowest BCUT2D eigenvalue weighted by molar-refractivity contribution is -0.134. The molecule has 256 valence electrons. The van der Waals surface area contributed by atoms with Gasteiger partial charge in [0.25, 0.3) is 11.8 Å². The number of hydrogen-bond acceptors (Lipinski definition) is 9.